The summed E-state index contributed by atoms with van der Waals surface area (Å²) in [6, 6.07) is 7.73. The van der Waals surface area contributed by atoms with Crippen LogP contribution in [0.25, 0.3) is 0 Å². The smallest absolute Gasteiger partial charge is 0.232 e. The topological polar surface area (TPSA) is 84.7 Å². The Morgan fingerprint density at radius 2 is 2.08 bits per heavy atom. The van der Waals surface area contributed by atoms with Gasteiger partial charge in [-0.1, -0.05) is 12.1 Å². The minimum absolute atomic E-state index is 0.0375. The predicted molar refractivity (Wildman–Crippen MR) is 95.9 cm³/mol. The predicted octanol–water partition coefficient (Wildman–Crippen LogP) is 1.89. The van der Waals surface area contributed by atoms with E-state index in [-0.39, 0.29) is 11.8 Å². The van der Waals surface area contributed by atoms with Crippen LogP contribution in [0.15, 0.2) is 24.3 Å². The standard InChI is InChI=1S/C19H27N3O3/c20-14-19(7-10-25-11-8-19)18(24)21-16-5-3-4-15(12-16)13-22-9-2-1-6-17(22)23/h3-5,12H,1-2,6-11,13-14,20H2,(H,21,24). The molecule has 2 aliphatic heterocycles. The van der Waals surface area contributed by atoms with Crippen LogP contribution in [0.3, 0.4) is 0 Å². The van der Waals surface area contributed by atoms with Crippen molar-refractivity contribution in [2.45, 2.75) is 38.6 Å². The quantitative estimate of drug-likeness (QED) is 0.853. The highest BCUT2D eigenvalue weighted by Crippen LogP contribution is 2.31. The van der Waals surface area contributed by atoms with Crippen molar-refractivity contribution >= 4 is 17.5 Å². The van der Waals surface area contributed by atoms with Gasteiger partial charge in [-0.2, -0.15) is 0 Å². The molecule has 25 heavy (non-hydrogen) atoms. The SMILES string of the molecule is NCC1(C(=O)Nc2cccc(CN3CCCCC3=O)c2)CCOCC1. The van der Waals surface area contributed by atoms with Gasteiger partial charge in [0.25, 0.3) is 0 Å². The Balaban J connectivity index is 1.66. The molecule has 0 radical (unpaired) electrons. The van der Waals surface area contributed by atoms with Gasteiger partial charge in [-0.15, -0.1) is 0 Å². The third-order valence-electron chi connectivity index (χ3n) is 5.30. The molecule has 2 fully saturated rings. The van der Waals surface area contributed by atoms with Gasteiger partial charge < -0.3 is 20.7 Å². The van der Waals surface area contributed by atoms with E-state index in [2.05, 4.69) is 5.32 Å². The second kappa shape index (κ2) is 7.97. The molecular weight excluding hydrogens is 318 g/mol. The molecule has 6 heteroatoms. The van der Waals surface area contributed by atoms with Crippen LogP contribution in [0, 0.1) is 5.41 Å². The lowest BCUT2D eigenvalue weighted by Crippen LogP contribution is -2.46. The van der Waals surface area contributed by atoms with Crippen LogP contribution >= 0.6 is 0 Å². The number of amides is 2. The normalized spacial score (nSPS) is 20.4. The molecule has 136 valence electrons. The number of nitrogens with zero attached hydrogens (tertiary/aromatic N) is 1. The first kappa shape index (κ1) is 17.9. The number of rotatable bonds is 5. The molecule has 0 atom stereocenters. The van der Waals surface area contributed by atoms with Crippen molar-refractivity contribution in [1.82, 2.24) is 4.90 Å². The van der Waals surface area contributed by atoms with Crippen LogP contribution in [0.4, 0.5) is 5.69 Å². The van der Waals surface area contributed by atoms with Crippen LogP contribution in [0.1, 0.15) is 37.7 Å². The fourth-order valence-corrected chi connectivity index (χ4v) is 3.55. The molecule has 1 aromatic carbocycles. The average Bonchev–Trinajstić information content (AvgIpc) is 2.64. The van der Waals surface area contributed by atoms with Gasteiger partial charge in [-0.05, 0) is 43.4 Å². The number of ether oxygens (including phenoxy) is 1. The van der Waals surface area contributed by atoms with E-state index in [4.69, 9.17) is 10.5 Å². The third-order valence-corrected chi connectivity index (χ3v) is 5.30. The zero-order valence-corrected chi connectivity index (χ0v) is 14.6. The minimum Gasteiger partial charge on any atom is -0.381 e. The number of carbonyl (C=O) groups excluding carboxylic acids is 2. The van der Waals surface area contributed by atoms with E-state index in [1.165, 1.54) is 0 Å². The van der Waals surface area contributed by atoms with Gasteiger partial charge in [0, 0.05) is 45.0 Å². The molecule has 2 saturated heterocycles. The number of likely N-dealkylation sites (tertiary alicyclic amines) is 1. The van der Waals surface area contributed by atoms with Crippen molar-refractivity contribution in [2.75, 3.05) is 31.6 Å². The van der Waals surface area contributed by atoms with E-state index >= 15 is 0 Å². The van der Waals surface area contributed by atoms with Crippen LogP contribution in [0.2, 0.25) is 0 Å². The lowest BCUT2D eigenvalue weighted by atomic mass is 9.79. The average molecular weight is 345 g/mol. The highest BCUT2D eigenvalue weighted by molar-refractivity contribution is 5.95. The van der Waals surface area contributed by atoms with Crippen LogP contribution in [-0.4, -0.2) is 43.0 Å². The van der Waals surface area contributed by atoms with E-state index in [0.717, 1.165) is 30.6 Å². The van der Waals surface area contributed by atoms with Crippen molar-refractivity contribution in [3.05, 3.63) is 29.8 Å². The zero-order valence-electron chi connectivity index (χ0n) is 14.6. The molecule has 0 spiro atoms. The Morgan fingerprint density at radius 1 is 1.28 bits per heavy atom. The van der Waals surface area contributed by atoms with Crippen LogP contribution in [0.5, 0.6) is 0 Å². The molecule has 6 nitrogen and oxygen atoms in total. The number of anilines is 1. The molecule has 3 N–H and O–H groups in total. The number of piperidine rings is 1. The first-order chi connectivity index (χ1) is 12.1. The molecule has 0 bridgehead atoms. The Bertz CT molecular complexity index is 626. The van der Waals surface area contributed by atoms with E-state index in [1.807, 2.05) is 29.2 Å². The van der Waals surface area contributed by atoms with Crippen molar-refractivity contribution in [3.63, 3.8) is 0 Å². The third kappa shape index (κ3) is 4.19. The summed E-state index contributed by atoms with van der Waals surface area (Å²) in [7, 11) is 0. The first-order valence-corrected chi connectivity index (χ1v) is 9.09. The highest BCUT2D eigenvalue weighted by atomic mass is 16.5. The number of nitrogens with two attached hydrogens (primary N) is 1. The minimum atomic E-state index is -0.545. The summed E-state index contributed by atoms with van der Waals surface area (Å²) in [5, 5.41) is 3.01. The van der Waals surface area contributed by atoms with Crippen LogP contribution < -0.4 is 11.1 Å². The lowest BCUT2D eigenvalue weighted by Gasteiger charge is -2.34. The molecule has 1 aromatic rings. The Labute approximate surface area is 148 Å². The molecule has 2 aliphatic rings. The number of carbonyl (C=O) groups is 2. The summed E-state index contributed by atoms with van der Waals surface area (Å²) in [5.74, 6) is 0.175. The van der Waals surface area contributed by atoms with Crippen molar-refractivity contribution in [2.24, 2.45) is 11.1 Å². The van der Waals surface area contributed by atoms with Gasteiger partial charge in [0.1, 0.15) is 0 Å². The molecule has 0 unspecified atom stereocenters. The van der Waals surface area contributed by atoms with E-state index < -0.39 is 5.41 Å². The summed E-state index contributed by atoms with van der Waals surface area (Å²) in [6.07, 6.45) is 3.98. The van der Waals surface area contributed by atoms with Crippen LogP contribution in [-0.2, 0) is 20.9 Å². The van der Waals surface area contributed by atoms with Gasteiger partial charge in [-0.25, -0.2) is 0 Å². The largest absolute Gasteiger partial charge is 0.381 e. The maximum atomic E-state index is 12.8. The summed E-state index contributed by atoms with van der Waals surface area (Å²) >= 11 is 0. The molecule has 2 amide bonds. The van der Waals surface area contributed by atoms with E-state index in [1.54, 1.807) is 0 Å². The summed E-state index contributed by atoms with van der Waals surface area (Å²) in [5.41, 5.74) is 7.14. The van der Waals surface area contributed by atoms with Crippen molar-refractivity contribution < 1.29 is 14.3 Å². The second-order valence-electron chi connectivity index (χ2n) is 7.02. The molecule has 0 aliphatic carbocycles. The summed E-state index contributed by atoms with van der Waals surface area (Å²) in [6.45, 7) is 2.87. The van der Waals surface area contributed by atoms with Gasteiger partial charge in [0.2, 0.25) is 11.8 Å². The fraction of sp³-hybridized carbons (Fsp3) is 0.579. The van der Waals surface area contributed by atoms with Crippen molar-refractivity contribution in [3.8, 4) is 0 Å². The molecule has 0 saturated carbocycles. The molecule has 3 rings (SSSR count). The van der Waals surface area contributed by atoms with Crippen molar-refractivity contribution in [1.29, 1.82) is 0 Å². The first-order valence-electron chi connectivity index (χ1n) is 9.09. The molecule has 0 aromatic heterocycles. The number of benzene rings is 1. The number of hydrogen-bond donors (Lipinski definition) is 2. The van der Waals surface area contributed by atoms with Gasteiger partial charge >= 0.3 is 0 Å². The second-order valence-corrected chi connectivity index (χ2v) is 7.02. The molecular formula is C19H27N3O3. The van der Waals surface area contributed by atoms with E-state index in [9.17, 15) is 9.59 Å². The Morgan fingerprint density at radius 3 is 2.80 bits per heavy atom. The summed E-state index contributed by atoms with van der Waals surface area (Å²) < 4.78 is 5.37. The maximum absolute atomic E-state index is 12.8. The van der Waals surface area contributed by atoms with Gasteiger partial charge in [0.15, 0.2) is 0 Å². The fourth-order valence-electron chi connectivity index (χ4n) is 3.55. The maximum Gasteiger partial charge on any atom is 0.232 e. The monoisotopic (exact) mass is 345 g/mol. The summed E-state index contributed by atoms with van der Waals surface area (Å²) in [4.78, 5) is 26.6. The van der Waals surface area contributed by atoms with Gasteiger partial charge in [0.05, 0.1) is 5.41 Å². The highest BCUT2D eigenvalue weighted by Gasteiger charge is 2.38. The Hall–Kier alpha value is -1.92. The van der Waals surface area contributed by atoms with Gasteiger partial charge in [-0.3, -0.25) is 9.59 Å². The zero-order chi connectivity index (χ0) is 17.7. The molecule has 2 heterocycles. The lowest BCUT2D eigenvalue weighted by molar-refractivity contribution is -0.134. The Kier molecular flexibility index (Phi) is 5.71. The van der Waals surface area contributed by atoms with E-state index in [0.29, 0.717) is 45.6 Å². The number of hydrogen-bond acceptors (Lipinski definition) is 4. The number of nitrogens with one attached hydrogen (secondary N) is 1.